The van der Waals surface area contributed by atoms with Crippen LogP contribution < -0.4 is 18.9 Å². The first kappa shape index (κ1) is 58.5. The third kappa shape index (κ3) is 14.9. The van der Waals surface area contributed by atoms with Gasteiger partial charge in [-0.25, -0.2) is 0 Å². The molecule has 0 saturated carbocycles. The second-order valence-corrected chi connectivity index (χ2v) is 26.4. The minimum Gasteiger partial charge on any atom is -0.486 e. The van der Waals surface area contributed by atoms with E-state index in [1.54, 1.807) is 0 Å². The number of benzene rings is 4. The van der Waals surface area contributed by atoms with Gasteiger partial charge in [0.1, 0.15) is 69.4 Å². The first-order valence-electron chi connectivity index (χ1n) is 25.1. The summed E-state index contributed by atoms with van der Waals surface area (Å²) in [6.45, 7) is 28.3. The Balaban J connectivity index is 2.07. The molecule has 0 N–H and O–H groups in total. The van der Waals surface area contributed by atoms with Crippen LogP contribution in [0.2, 0.25) is 0 Å². The van der Waals surface area contributed by atoms with E-state index in [9.17, 15) is 0 Å². The lowest BCUT2D eigenvalue weighted by Gasteiger charge is -2.30. The summed E-state index contributed by atoms with van der Waals surface area (Å²) in [5.41, 5.74) is 12.4. The first-order chi connectivity index (χ1) is 33.1. The molecule has 4 aromatic carbocycles. The number of likely N-dealkylation sites (N-methyl/N-ethyl adjacent to an activating group) is 4. The van der Waals surface area contributed by atoms with Gasteiger partial charge in [-0.1, -0.05) is 180 Å². The van der Waals surface area contributed by atoms with Crippen LogP contribution in [-0.4, -0.2) is 122 Å². The van der Waals surface area contributed by atoms with Crippen LogP contribution >= 0.6 is 48.9 Å². The van der Waals surface area contributed by atoms with E-state index in [0.717, 1.165) is 67.5 Å². The molecule has 0 fully saturated rings. The molecule has 72 heavy (non-hydrogen) atoms. The Morgan fingerprint density at radius 3 is 0.569 bits per heavy atom. The van der Waals surface area contributed by atoms with Crippen molar-refractivity contribution >= 4 is 68.8 Å². The zero-order chi connectivity index (χ0) is 54.0. The highest BCUT2D eigenvalue weighted by molar-refractivity contribution is 7.80. The molecule has 0 atom stereocenters. The molecule has 5 rings (SSSR count). The molecule has 1 aliphatic carbocycles. The summed E-state index contributed by atoms with van der Waals surface area (Å²) in [4.78, 5) is 10.6. The van der Waals surface area contributed by atoms with Crippen LogP contribution in [0.15, 0.2) is 48.5 Å². The molecule has 8 bridgehead atoms. The molecular weight excluding hydrogens is 969 g/mol. The quantitative estimate of drug-likeness (QED) is 0.112. The van der Waals surface area contributed by atoms with Crippen LogP contribution in [0.25, 0.3) is 0 Å². The number of hydrogen-bond donors (Lipinski definition) is 0. The summed E-state index contributed by atoms with van der Waals surface area (Å²) in [6.07, 6.45) is 2.07. The van der Waals surface area contributed by atoms with Crippen molar-refractivity contribution in [1.82, 2.24) is 19.6 Å². The zero-order valence-corrected chi connectivity index (χ0v) is 50.6. The topological polar surface area (TPSA) is 49.9 Å². The van der Waals surface area contributed by atoms with Crippen LogP contribution in [0.1, 0.15) is 150 Å². The van der Waals surface area contributed by atoms with Crippen molar-refractivity contribution < 1.29 is 18.9 Å². The molecule has 392 valence electrons. The standard InChI is InChI=1S/C60H84N4O4S4/c1-57(2,3)45-25-37-21-39-27-46(58(4,5)6)29-41(54(39)66-34-50(70)62(15)16)23-43-31-48(60(10,11)12)32-44(56(43)68-36-52(72)64(19)20)24-42-30-47(59(7,8)9)28-40(55(42)67-35-51(71)63(17)18)22-38(26-45)53(37)65-33-49(69)61(13)14/h25-32H,21-24,33-36H2,1-20H3. The highest BCUT2D eigenvalue weighted by Crippen LogP contribution is 2.44. The number of rotatable bonds is 12. The lowest BCUT2D eigenvalue weighted by atomic mass is 9.79. The van der Waals surface area contributed by atoms with E-state index in [0.29, 0.717) is 45.6 Å². The summed E-state index contributed by atoms with van der Waals surface area (Å²) in [6, 6.07) is 18.7. The number of hydrogen-bond acceptors (Lipinski definition) is 8. The van der Waals surface area contributed by atoms with Gasteiger partial charge < -0.3 is 38.5 Å². The molecule has 4 aromatic rings. The predicted octanol–water partition coefficient (Wildman–Crippen LogP) is 12.6. The fourth-order valence-corrected chi connectivity index (χ4v) is 8.65. The number of ether oxygens (including phenoxy) is 4. The molecule has 1 aliphatic rings. The molecule has 0 unspecified atom stereocenters. The van der Waals surface area contributed by atoms with Gasteiger partial charge in [0.25, 0.3) is 0 Å². The van der Waals surface area contributed by atoms with Crippen LogP contribution in [0.3, 0.4) is 0 Å². The summed E-state index contributed by atoms with van der Waals surface area (Å²) >= 11 is 23.7. The maximum atomic E-state index is 7.09. The Labute approximate surface area is 456 Å². The van der Waals surface area contributed by atoms with Gasteiger partial charge in [0, 0.05) is 82.1 Å². The molecule has 12 heteroatoms. The van der Waals surface area contributed by atoms with Gasteiger partial charge in [0.2, 0.25) is 0 Å². The minimum absolute atomic E-state index is 0.202. The second-order valence-electron chi connectivity index (χ2n) is 24.5. The predicted molar refractivity (Wildman–Crippen MR) is 319 cm³/mol. The Kier molecular flexibility index (Phi) is 18.7. The van der Waals surface area contributed by atoms with Crippen molar-refractivity contribution in [3.8, 4) is 23.0 Å². The SMILES string of the molecule is CN(C)C(=S)COc1c2cc(C(C)(C)C)cc1Cc1cc(C(C)(C)C)cc(c1OCC(=S)N(C)C)Cc1cc(C(C)(C)C)cc(c1OCC(=S)N(C)C)Cc1cc(C(C)(C)C)cc(c1OCC(=S)N(C)C)C2. The van der Waals surface area contributed by atoms with E-state index < -0.39 is 0 Å². The lowest BCUT2D eigenvalue weighted by molar-refractivity contribution is 0.348. The van der Waals surface area contributed by atoms with Gasteiger partial charge in [0.15, 0.2) is 0 Å². The highest BCUT2D eigenvalue weighted by Gasteiger charge is 2.30. The summed E-state index contributed by atoms with van der Waals surface area (Å²) in [7, 11) is 15.7. The van der Waals surface area contributed by atoms with Crippen molar-refractivity contribution in [2.75, 3.05) is 82.8 Å². The second kappa shape index (κ2) is 23.0. The Bertz CT molecular complexity index is 2220. The van der Waals surface area contributed by atoms with Gasteiger partial charge in [-0.05, 0) is 88.4 Å². The number of thiocarbonyl (C=S) groups is 4. The smallest absolute Gasteiger partial charge is 0.138 e. The van der Waals surface area contributed by atoms with Gasteiger partial charge in [0.05, 0.1) is 0 Å². The molecular formula is C60H84N4O4S4. The largest absolute Gasteiger partial charge is 0.486 e. The van der Waals surface area contributed by atoms with Crippen LogP contribution in [-0.2, 0) is 47.3 Å². The maximum absolute atomic E-state index is 7.09. The van der Waals surface area contributed by atoms with Gasteiger partial charge in [-0.3, -0.25) is 0 Å². The third-order valence-corrected chi connectivity index (χ3v) is 15.2. The van der Waals surface area contributed by atoms with Gasteiger partial charge >= 0.3 is 0 Å². The van der Waals surface area contributed by atoms with Crippen LogP contribution in [0, 0.1) is 0 Å². The molecule has 0 saturated heterocycles. The molecule has 0 aliphatic heterocycles. The molecule has 0 aromatic heterocycles. The normalized spacial score (nSPS) is 12.9. The van der Waals surface area contributed by atoms with Crippen molar-refractivity contribution in [3.63, 3.8) is 0 Å². The van der Waals surface area contributed by atoms with E-state index in [4.69, 9.17) is 67.8 Å². The maximum Gasteiger partial charge on any atom is 0.138 e. The zero-order valence-electron chi connectivity index (χ0n) is 47.3. The van der Waals surface area contributed by atoms with E-state index in [2.05, 4.69) is 132 Å². The van der Waals surface area contributed by atoms with E-state index >= 15 is 0 Å². The molecule has 8 nitrogen and oxygen atoms in total. The van der Waals surface area contributed by atoms with Gasteiger partial charge in [-0.15, -0.1) is 0 Å². The fraction of sp³-hybridized carbons (Fsp3) is 0.533. The van der Waals surface area contributed by atoms with Crippen molar-refractivity contribution in [1.29, 1.82) is 0 Å². The summed E-state index contributed by atoms with van der Waals surface area (Å²) in [5.74, 6) is 3.23. The van der Waals surface area contributed by atoms with E-state index in [-0.39, 0.29) is 48.1 Å². The number of nitrogens with zero attached hydrogens (tertiary/aromatic N) is 4. The van der Waals surface area contributed by atoms with Gasteiger partial charge in [-0.2, -0.15) is 0 Å². The highest BCUT2D eigenvalue weighted by atomic mass is 32.1. The van der Waals surface area contributed by atoms with Crippen LogP contribution in [0.4, 0.5) is 0 Å². The van der Waals surface area contributed by atoms with E-state index in [1.807, 2.05) is 76.0 Å². The summed E-state index contributed by atoms with van der Waals surface area (Å²) in [5, 5.41) is 0. The van der Waals surface area contributed by atoms with E-state index in [1.165, 1.54) is 22.3 Å². The van der Waals surface area contributed by atoms with Crippen molar-refractivity contribution in [2.45, 2.75) is 130 Å². The Morgan fingerprint density at radius 2 is 0.458 bits per heavy atom. The first-order valence-corrected chi connectivity index (χ1v) is 26.8. The van der Waals surface area contributed by atoms with Crippen molar-refractivity contribution in [2.24, 2.45) is 0 Å². The average Bonchev–Trinajstić information content (AvgIpc) is 3.25. The Hall–Kier alpha value is -4.36. The van der Waals surface area contributed by atoms with Crippen LogP contribution in [0.5, 0.6) is 23.0 Å². The summed E-state index contributed by atoms with van der Waals surface area (Å²) < 4.78 is 28.4. The molecule has 0 radical (unpaired) electrons. The van der Waals surface area contributed by atoms with Crippen molar-refractivity contribution in [3.05, 3.63) is 115 Å². The third-order valence-electron chi connectivity index (χ3n) is 13.3. The molecule has 0 spiro atoms. The Morgan fingerprint density at radius 1 is 0.319 bits per heavy atom. The average molecular weight is 1050 g/mol. The molecule has 0 amide bonds. The minimum atomic E-state index is -0.202. The monoisotopic (exact) mass is 1050 g/mol. The number of fused-ring (bicyclic) bond motifs is 8. The lowest BCUT2D eigenvalue weighted by Crippen LogP contribution is -2.27. The fourth-order valence-electron chi connectivity index (χ4n) is 8.41. The molecule has 0 heterocycles.